The first-order valence-corrected chi connectivity index (χ1v) is 20.4. The summed E-state index contributed by atoms with van der Waals surface area (Å²) in [5.41, 5.74) is 11.7. The Bertz CT molecular complexity index is 3560. The van der Waals surface area contributed by atoms with Crippen LogP contribution in [0.4, 0.5) is 0 Å². The van der Waals surface area contributed by atoms with E-state index < -0.39 is 0 Å². The lowest BCUT2D eigenvalue weighted by Gasteiger charge is -2.15. The zero-order chi connectivity index (χ0) is 39.6. The maximum Gasteiger partial charge on any atom is 0.160 e. The van der Waals surface area contributed by atoms with Gasteiger partial charge in [0.15, 0.2) is 5.82 Å². The quantitative estimate of drug-likeness (QED) is 0.158. The highest BCUT2D eigenvalue weighted by atomic mass is 14.9. The van der Waals surface area contributed by atoms with Crippen LogP contribution in [0.15, 0.2) is 213 Å². The molecule has 2 aromatic heterocycles. The SMILES string of the molecule is c1cncc(-c2cccc(-c3nc(-c4ccc(-c5cc6ccccc6c6ccccc56)cc4)cc(-c4ccc(-c5ccc6ccc7cccc8ccc5c6c78)cc4)n3)c2)c1. The fourth-order valence-corrected chi connectivity index (χ4v) is 9.16. The van der Waals surface area contributed by atoms with Gasteiger partial charge in [0.1, 0.15) is 0 Å². The van der Waals surface area contributed by atoms with Gasteiger partial charge in [0, 0.05) is 34.6 Å². The molecule has 0 bridgehead atoms. The van der Waals surface area contributed by atoms with E-state index >= 15 is 0 Å². The molecule has 2 heterocycles. The van der Waals surface area contributed by atoms with Crippen LogP contribution in [0.25, 0.3) is 121 Å². The lowest BCUT2D eigenvalue weighted by molar-refractivity contribution is 1.18. The Kier molecular flexibility index (Phi) is 7.85. The number of pyridine rings is 1. The minimum atomic E-state index is 0.675. The summed E-state index contributed by atoms with van der Waals surface area (Å²) in [5.74, 6) is 0.675. The van der Waals surface area contributed by atoms with Crippen molar-refractivity contribution in [3.63, 3.8) is 0 Å². The van der Waals surface area contributed by atoms with Crippen LogP contribution < -0.4 is 0 Å². The summed E-state index contributed by atoms with van der Waals surface area (Å²) in [7, 11) is 0. The Labute approximate surface area is 347 Å². The molecule has 10 aromatic carbocycles. The Morgan fingerprint density at radius 2 is 0.850 bits per heavy atom. The Morgan fingerprint density at radius 3 is 1.58 bits per heavy atom. The second kappa shape index (κ2) is 13.8. The summed E-state index contributed by atoms with van der Waals surface area (Å²) in [5, 5.41) is 12.8. The first-order valence-electron chi connectivity index (χ1n) is 20.4. The summed E-state index contributed by atoms with van der Waals surface area (Å²) < 4.78 is 0. The number of nitrogens with zero attached hydrogens (tertiary/aromatic N) is 3. The van der Waals surface area contributed by atoms with Gasteiger partial charge in [-0.25, -0.2) is 9.97 Å². The van der Waals surface area contributed by atoms with Crippen molar-refractivity contribution in [2.24, 2.45) is 0 Å². The largest absolute Gasteiger partial charge is 0.264 e. The summed E-state index contributed by atoms with van der Waals surface area (Å²) in [6.07, 6.45) is 3.69. The molecular formula is C57H35N3. The predicted octanol–water partition coefficient (Wildman–Crippen LogP) is 15.1. The van der Waals surface area contributed by atoms with Crippen molar-refractivity contribution >= 4 is 53.9 Å². The second-order valence-corrected chi connectivity index (χ2v) is 15.6. The summed E-state index contributed by atoms with van der Waals surface area (Å²) >= 11 is 0. The molecule has 0 fully saturated rings. The first-order chi connectivity index (χ1) is 29.7. The maximum atomic E-state index is 5.24. The molecule has 0 amide bonds. The summed E-state index contributed by atoms with van der Waals surface area (Å²) in [6, 6.07) is 72.0. The van der Waals surface area contributed by atoms with E-state index in [1.807, 2.05) is 12.3 Å². The van der Waals surface area contributed by atoms with Gasteiger partial charge in [-0.1, -0.05) is 176 Å². The minimum Gasteiger partial charge on any atom is -0.264 e. The van der Waals surface area contributed by atoms with Crippen LogP contribution in [0.3, 0.4) is 0 Å². The molecule has 0 aliphatic rings. The molecule has 60 heavy (non-hydrogen) atoms. The number of fused-ring (bicyclic) bond motifs is 3. The van der Waals surface area contributed by atoms with Crippen LogP contribution in [0.5, 0.6) is 0 Å². The molecule has 0 atom stereocenters. The average molecular weight is 762 g/mol. The maximum absolute atomic E-state index is 5.24. The van der Waals surface area contributed by atoms with Crippen LogP contribution in [-0.2, 0) is 0 Å². The zero-order valence-electron chi connectivity index (χ0n) is 32.5. The first kappa shape index (κ1) is 34.1. The van der Waals surface area contributed by atoms with Crippen molar-refractivity contribution < 1.29 is 0 Å². The predicted molar refractivity (Wildman–Crippen MR) is 251 cm³/mol. The Balaban J connectivity index is 0.967. The third-order valence-electron chi connectivity index (χ3n) is 12.1. The molecule has 0 aliphatic carbocycles. The monoisotopic (exact) mass is 761 g/mol. The van der Waals surface area contributed by atoms with Crippen molar-refractivity contribution in [2.75, 3.05) is 0 Å². The highest BCUT2D eigenvalue weighted by molar-refractivity contribution is 6.25. The van der Waals surface area contributed by atoms with Crippen molar-refractivity contribution in [1.82, 2.24) is 15.0 Å². The fourth-order valence-electron chi connectivity index (χ4n) is 9.16. The van der Waals surface area contributed by atoms with E-state index in [0.717, 1.165) is 39.2 Å². The van der Waals surface area contributed by atoms with E-state index in [9.17, 15) is 0 Å². The topological polar surface area (TPSA) is 38.7 Å². The fraction of sp³-hybridized carbons (Fsp3) is 0. The van der Waals surface area contributed by atoms with E-state index in [-0.39, 0.29) is 0 Å². The molecule has 3 nitrogen and oxygen atoms in total. The van der Waals surface area contributed by atoms with Gasteiger partial charge in [0.05, 0.1) is 11.4 Å². The van der Waals surface area contributed by atoms with Crippen LogP contribution in [0, 0.1) is 0 Å². The Morgan fingerprint density at radius 1 is 0.283 bits per heavy atom. The van der Waals surface area contributed by atoms with Crippen LogP contribution in [0.1, 0.15) is 0 Å². The van der Waals surface area contributed by atoms with Gasteiger partial charge in [0.2, 0.25) is 0 Å². The van der Waals surface area contributed by atoms with Crippen LogP contribution in [-0.4, -0.2) is 15.0 Å². The number of hydrogen-bond donors (Lipinski definition) is 0. The molecule has 3 heteroatoms. The van der Waals surface area contributed by atoms with Gasteiger partial charge in [-0.15, -0.1) is 0 Å². The van der Waals surface area contributed by atoms with E-state index in [1.54, 1.807) is 6.20 Å². The van der Waals surface area contributed by atoms with Crippen molar-refractivity contribution in [1.29, 1.82) is 0 Å². The molecule has 278 valence electrons. The minimum absolute atomic E-state index is 0.675. The molecule has 0 unspecified atom stereocenters. The standard InChI is InChI=1S/C57H35N3/c1-2-14-47-44(8-1)33-52(50-16-4-3-15-49(47)50)37-19-23-39(24-20-37)54-34-53(59-57(60-54)45-12-6-11-43(32-45)46-13-7-31-58-35-46)38-21-17-36(18-22-38)48-29-27-42-26-25-40-9-5-10-41-28-30-51(48)56(42)55(40)41/h1-35H. The van der Waals surface area contributed by atoms with E-state index in [4.69, 9.17) is 9.97 Å². The van der Waals surface area contributed by atoms with Crippen LogP contribution in [0.2, 0.25) is 0 Å². The van der Waals surface area contributed by atoms with Gasteiger partial charge in [-0.2, -0.15) is 0 Å². The molecule has 12 aromatic rings. The smallest absolute Gasteiger partial charge is 0.160 e. The van der Waals surface area contributed by atoms with Gasteiger partial charge >= 0.3 is 0 Å². The van der Waals surface area contributed by atoms with Crippen molar-refractivity contribution in [2.45, 2.75) is 0 Å². The number of rotatable bonds is 6. The van der Waals surface area contributed by atoms with Gasteiger partial charge in [-0.05, 0) is 106 Å². The lowest BCUT2D eigenvalue weighted by Crippen LogP contribution is -1.96. The number of aromatic nitrogens is 3. The third kappa shape index (κ3) is 5.71. The van der Waals surface area contributed by atoms with E-state index in [0.29, 0.717) is 5.82 Å². The third-order valence-corrected chi connectivity index (χ3v) is 12.1. The highest BCUT2D eigenvalue weighted by Gasteiger charge is 2.16. The summed E-state index contributed by atoms with van der Waals surface area (Å²) in [6.45, 7) is 0. The summed E-state index contributed by atoms with van der Waals surface area (Å²) in [4.78, 5) is 14.9. The number of hydrogen-bond acceptors (Lipinski definition) is 3. The molecule has 0 saturated heterocycles. The Hall–Kier alpha value is -8.01. The zero-order valence-corrected chi connectivity index (χ0v) is 32.5. The average Bonchev–Trinajstić information content (AvgIpc) is 3.33. The van der Waals surface area contributed by atoms with Gasteiger partial charge in [0.25, 0.3) is 0 Å². The molecule has 0 N–H and O–H groups in total. The molecular weight excluding hydrogens is 727 g/mol. The van der Waals surface area contributed by atoms with Crippen LogP contribution >= 0.6 is 0 Å². The second-order valence-electron chi connectivity index (χ2n) is 15.6. The normalized spacial score (nSPS) is 11.7. The van der Waals surface area contributed by atoms with Crippen molar-refractivity contribution in [3.05, 3.63) is 213 Å². The van der Waals surface area contributed by atoms with Crippen molar-refractivity contribution in [3.8, 4) is 67.3 Å². The van der Waals surface area contributed by atoms with E-state index in [2.05, 4.69) is 199 Å². The van der Waals surface area contributed by atoms with Gasteiger partial charge in [-0.3, -0.25) is 4.98 Å². The van der Waals surface area contributed by atoms with E-state index in [1.165, 1.54) is 76.1 Å². The number of benzene rings is 10. The highest BCUT2D eigenvalue weighted by Crippen LogP contribution is 2.41. The molecule has 0 radical (unpaired) electrons. The molecule has 12 rings (SSSR count). The molecule has 0 aliphatic heterocycles. The molecule has 0 saturated carbocycles. The molecule has 0 spiro atoms. The van der Waals surface area contributed by atoms with Gasteiger partial charge < -0.3 is 0 Å². The lowest BCUT2D eigenvalue weighted by atomic mass is 9.89.